The maximum atomic E-state index is 10.8. The molecule has 2 aromatic rings. The minimum absolute atomic E-state index is 0.0726. The molecule has 1 aliphatic carbocycles. The molecule has 1 N–H and O–H groups in total. The summed E-state index contributed by atoms with van der Waals surface area (Å²) >= 11 is 1.53. The highest BCUT2D eigenvalue weighted by Crippen LogP contribution is 2.39. The molecule has 0 aromatic carbocycles. The van der Waals surface area contributed by atoms with Crippen LogP contribution in [0.2, 0.25) is 0 Å². The Morgan fingerprint density at radius 1 is 1.65 bits per heavy atom. The van der Waals surface area contributed by atoms with E-state index in [1.165, 1.54) is 17.0 Å². The number of thiazole rings is 1. The van der Waals surface area contributed by atoms with Crippen LogP contribution in [-0.2, 0) is 23.1 Å². The molecule has 0 radical (unpaired) electrons. The summed E-state index contributed by atoms with van der Waals surface area (Å²) in [5, 5.41) is 10.8. The molecule has 2 heterocycles. The van der Waals surface area contributed by atoms with Gasteiger partial charge in [-0.1, -0.05) is 13.8 Å². The number of carboxylic acid groups (broad SMARTS) is 1. The number of carbonyl (C=O) groups is 1. The van der Waals surface area contributed by atoms with Crippen LogP contribution in [0.5, 0.6) is 0 Å². The molecule has 0 unspecified atom stereocenters. The van der Waals surface area contributed by atoms with Crippen molar-refractivity contribution in [1.82, 2.24) is 9.38 Å². The van der Waals surface area contributed by atoms with Crippen LogP contribution in [0, 0.1) is 0 Å². The lowest BCUT2D eigenvalue weighted by atomic mass is 9.91. The van der Waals surface area contributed by atoms with Crippen LogP contribution in [0.3, 0.4) is 0 Å². The number of aryl methyl sites for hydroxylation is 1. The van der Waals surface area contributed by atoms with E-state index in [0.29, 0.717) is 0 Å². The fraction of sp³-hybridized carbons (Fsp3) is 0.500. The number of aromatic nitrogens is 2. The lowest BCUT2D eigenvalue weighted by Crippen LogP contribution is -2.12. The van der Waals surface area contributed by atoms with E-state index in [1.807, 2.05) is 9.78 Å². The van der Waals surface area contributed by atoms with Crippen LogP contribution in [0.25, 0.3) is 4.96 Å². The van der Waals surface area contributed by atoms with E-state index < -0.39 is 5.97 Å². The average Bonchev–Trinajstić information content (AvgIpc) is 2.81. The van der Waals surface area contributed by atoms with Crippen LogP contribution in [-0.4, -0.2) is 20.5 Å². The molecule has 3 rings (SSSR count). The summed E-state index contributed by atoms with van der Waals surface area (Å²) in [6.45, 7) is 4.40. The molecule has 0 bridgehead atoms. The highest BCUT2D eigenvalue weighted by atomic mass is 32.1. The van der Waals surface area contributed by atoms with Gasteiger partial charge in [0, 0.05) is 22.2 Å². The maximum absolute atomic E-state index is 10.8. The predicted octanol–water partition coefficient (Wildman–Crippen LogP) is 2.25. The SMILES string of the molecule is CC1(C)CCc2c1nc1scc(CC(=O)O)n21. The Balaban J connectivity index is 2.20. The van der Waals surface area contributed by atoms with Gasteiger partial charge in [0.15, 0.2) is 4.96 Å². The van der Waals surface area contributed by atoms with E-state index in [0.717, 1.165) is 29.2 Å². The largest absolute Gasteiger partial charge is 0.481 e. The first-order valence-corrected chi connectivity index (χ1v) is 6.57. The third-order valence-electron chi connectivity index (χ3n) is 3.49. The van der Waals surface area contributed by atoms with Crippen molar-refractivity contribution < 1.29 is 9.90 Å². The number of hydrogen-bond acceptors (Lipinski definition) is 3. The summed E-state index contributed by atoms with van der Waals surface area (Å²) in [4.78, 5) is 16.4. The second-order valence-electron chi connectivity index (χ2n) is 5.21. The molecular formula is C12H14N2O2S. The van der Waals surface area contributed by atoms with Crippen LogP contribution in [0.4, 0.5) is 0 Å². The summed E-state index contributed by atoms with van der Waals surface area (Å²) < 4.78 is 2.04. The second-order valence-corrected chi connectivity index (χ2v) is 6.04. The smallest absolute Gasteiger partial charge is 0.309 e. The molecule has 0 aliphatic heterocycles. The molecule has 1 aliphatic rings. The van der Waals surface area contributed by atoms with Crippen molar-refractivity contribution in [2.24, 2.45) is 0 Å². The second kappa shape index (κ2) is 3.32. The molecular weight excluding hydrogens is 236 g/mol. The van der Waals surface area contributed by atoms with E-state index in [2.05, 4.69) is 18.8 Å². The first-order valence-electron chi connectivity index (χ1n) is 5.69. The van der Waals surface area contributed by atoms with Gasteiger partial charge in [0.2, 0.25) is 0 Å². The number of rotatable bonds is 2. The van der Waals surface area contributed by atoms with Gasteiger partial charge in [0.25, 0.3) is 0 Å². The molecule has 17 heavy (non-hydrogen) atoms. The standard InChI is InChI=1S/C12H14N2O2S/c1-12(2)4-3-8-10(12)13-11-14(8)7(6-17-11)5-9(15)16/h6H,3-5H2,1-2H3,(H,15,16). The van der Waals surface area contributed by atoms with Crippen molar-refractivity contribution in [3.8, 4) is 0 Å². The minimum atomic E-state index is -0.788. The van der Waals surface area contributed by atoms with E-state index >= 15 is 0 Å². The van der Waals surface area contributed by atoms with Gasteiger partial charge in [-0.3, -0.25) is 9.20 Å². The molecule has 0 amide bonds. The van der Waals surface area contributed by atoms with Crippen LogP contribution < -0.4 is 0 Å². The zero-order chi connectivity index (χ0) is 12.2. The number of imidazole rings is 1. The van der Waals surface area contributed by atoms with Crippen molar-refractivity contribution in [3.05, 3.63) is 22.5 Å². The summed E-state index contributed by atoms with van der Waals surface area (Å²) in [5.74, 6) is -0.788. The predicted molar refractivity (Wildman–Crippen MR) is 65.8 cm³/mol. The monoisotopic (exact) mass is 250 g/mol. The summed E-state index contributed by atoms with van der Waals surface area (Å²) in [7, 11) is 0. The van der Waals surface area contributed by atoms with Gasteiger partial charge in [-0.15, -0.1) is 11.3 Å². The molecule has 5 heteroatoms. The highest BCUT2D eigenvalue weighted by Gasteiger charge is 2.35. The zero-order valence-corrected chi connectivity index (χ0v) is 10.7. The van der Waals surface area contributed by atoms with Gasteiger partial charge in [0.05, 0.1) is 12.1 Å². The minimum Gasteiger partial charge on any atom is -0.481 e. The van der Waals surface area contributed by atoms with Gasteiger partial charge in [-0.2, -0.15) is 0 Å². The lowest BCUT2D eigenvalue weighted by Gasteiger charge is -2.14. The number of aliphatic carboxylic acids is 1. The molecule has 0 fully saturated rings. The Morgan fingerprint density at radius 2 is 2.41 bits per heavy atom. The van der Waals surface area contributed by atoms with Crippen LogP contribution in [0.15, 0.2) is 5.38 Å². The quantitative estimate of drug-likeness (QED) is 0.889. The van der Waals surface area contributed by atoms with Crippen molar-refractivity contribution in [3.63, 3.8) is 0 Å². The first-order chi connectivity index (χ1) is 7.99. The molecule has 4 nitrogen and oxygen atoms in total. The highest BCUT2D eigenvalue weighted by molar-refractivity contribution is 7.15. The van der Waals surface area contributed by atoms with Gasteiger partial charge in [0.1, 0.15) is 0 Å². The summed E-state index contributed by atoms with van der Waals surface area (Å²) in [6.07, 6.45) is 2.16. The molecule has 0 saturated heterocycles. The summed E-state index contributed by atoms with van der Waals surface area (Å²) in [5.41, 5.74) is 3.34. The average molecular weight is 250 g/mol. The van der Waals surface area contributed by atoms with Gasteiger partial charge in [-0.05, 0) is 12.8 Å². The zero-order valence-electron chi connectivity index (χ0n) is 9.86. The Kier molecular flexibility index (Phi) is 2.10. The van der Waals surface area contributed by atoms with Gasteiger partial charge in [-0.25, -0.2) is 4.98 Å². The van der Waals surface area contributed by atoms with Crippen LogP contribution >= 0.6 is 11.3 Å². The Hall–Kier alpha value is -1.36. The van der Waals surface area contributed by atoms with Gasteiger partial charge >= 0.3 is 5.97 Å². The number of fused-ring (bicyclic) bond motifs is 3. The fourth-order valence-corrected chi connectivity index (χ4v) is 3.48. The molecule has 0 saturated carbocycles. The van der Waals surface area contributed by atoms with Crippen molar-refractivity contribution in [1.29, 1.82) is 0 Å². The van der Waals surface area contributed by atoms with Crippen molar-refractivity contribution >= 4 is 22.3 Å². The first kappa shape index (κ1) is 10.8. The lowest BCUT2D eigenvalue weighted by molar-refractivity contribution is -0.136. The van der Waals surface area contributed by atoms with Crippen molar-refractivity contribution in [2.75, 3.05) is 0 Å². The van der Waals surface area contributed by atoms with E-state index in [1.54, 1.807) is 0 Å². The normalized spacial score (nSPS) is 17.5. The third kappa shape index (κ3) is 1.49. The van der Waals surface area contributed by atoms with E-state index in [9.17, 15) is 4.79 Å². The van der Waals surface area contributed by atoms with Gasteiger partial charge < -0.3 is 5.11 Å². The van der Waals surface area contributed by atoms with Crippen molar-refractivity contribution in [2.45, 2.75) is 38.5 Å². The number of nitrogens with zero attached hydrogens (tertiary/aromatic N) is 2. The maximum Gasteiger partial charge on any atom is 0.309 e. The molecule has 0 spiro atoms. The molecule has 2 aromatic heterocycles. The number of carboxylic acids is 1. The van der Waals surface area contributed by atoms with E-state index in [-0.39, 0.29) is 11.8 Å². The van der Waals surface area contributed by atoms with Crippen LogP contribution in [0.1, 0.15) is 37.4 Å². The number of hydrogen-bond donors (Lipinski definition) is 1. The Bertz CT molecular complexity index is 609. The van der Waals surface area contributed by atoms with E-state index in [4.69, 9.17) is 5.11 Å². The third-order valence-corrected chi connectivity index (χ3v) is 4.36. The topological polar surface area (TPSA) is 54.6 Å². The molecule has 0 atom stereocenters. The summed E-state index contributed by atoms with van der Waals surface area (Å²) in [6, 6.07) is 0. The Morgan fingerprint density at radius 3 is 3.12 bits per heavy atom. The Labute approximate surface area is 103 Å². The fourth-order valence-electron chi connectivity index (χ4n) is 2.58. The molecule has 90 valence electrons.